The second-order valence-corrected chi connectivity index (χ2v) is 10.4. The fraction of sp³-hybridized carbons (Fsp3) is 0.600. The molecule has 3 rings (SSSR count). The molecule has 2 amide bonds. The van der Waals surface area contributed by atoms with Gasteiger partial charge >= 0.3 is 6.09 Å². The lowest BCUT2D eigenvalue weighted by atomic mass is 10.0. The van der Waals surface area contributed by atoms with Gasteiger partial charge in [-0.1, -0.05) is 0 Å². The zero-order chi connectivity index (χ0) is 21.4. The van der Waals surface area contributed by atoms with Crippen molar-refractivity contribution in [2.75, 3.05) is 37.6 Å². The fourth-order valence-corrected chi connectivity index (χ4v) is 5.12. The predicted octanol–water partition coefficient (Wildman–Crippen LogP) is 2.23. The maximum Gasteiger partial charge on any atom is 0.410 e. The van der Waals surface area contributed by atoms with E-state index in [4.69, 9.17) is 4.74 Å². The third kappa shape index (κ3) is 4.72. The maximum absolute atomic E-state index is 13.1. The van der Waals surface area contributed by atoms with Gasteiger partial charge in [0.1, 0.15) is 5.60 Å². The minimum Gasteiger partial charge on any atom is -0.444 e. The van der Waals surface area contributed by atoms with Gasteiger partial charge in [0.15, 0.2) is 0 Å². The predicted molar refractivity (Wildman–Crippen MR) is 109 cm³/mol. The van der Waals surface area contributed by atoms with Gasteiger partial charge in [-0.3, -0.25) is 4.79 Å². The van der Waals surface area contributed by atoms with Crippen molar-refractivity contribution in [3.63, 3.8) is 0 Å². The lowest BCUT2D eigenvalue weighted by molar-refractivity contribution is -0.116. The van der Waals surface area contributed by atoms with E-state index in [1.807, 2.05) is 0 Å². The van der Waals surface area contributed by atoms with Gasteiger partial charge in [-0.05, 0) is 57.4 Å². The van der Waals surface area contributed by atoms with Crippen molar-refractivity contribution in [3.8, 4) is 0 Å². The zero-order valence-corrected chi connectivity index (χ0v) is 18.3. The van der Waals surface area contributed by atoms with Gasteiger partial charge in [-0.25, -0.2) is 13.2 Å². The molecule has 0 radical (unpaired) electrons. The van der Waals surface area contributed by atoms with Gasteiger partial charge in [0, 0.05) is 45.3 Å². The van der Waals surface area contributed by atoms with Gasteiger partial charge < -0.3 is 14.5 Å². The SMILES string of the molecule is CC(=O)N1CCCc2cc(S(=O)(=O)N3CCN(C(=O)OC(C)(C)C)CC3)ccc21. The highest BCUT2D eigenvalue weighted by Crippen LogP contribution is 2.30. The second-order valence-electron chi connectivity index (χ2n) is 8.44. The summed E-state index contributed by atoms with van der Waals surface area (Å²) >= 11 is 0. The van der Waals surface area contributed by atoms with E-state index < -0.39 is 21.7 Å². The van der Waals surface area contributed by atoms with Crippen LogP contribution in [0.4, 0.5) is 10.5 Å². The van der Waals surface area contributed by atoms with E-state index in [0.29, 0.717) is 6.54 Å². The van der Waals surface area contributed by atoms with Gasteiger partial charge in [-0.15, -0.1) is 0 Å². The second kappa shape index (κ2) is 7.95. The lowest BCUT2D eigenvalue weighted by Crippen LogP contribution is -2.51. The molecule has 1 fully saturated rings. The number of ether oxygens (including phenoxy) is 1. The van der Waals surface area contributed by atoms with E-state index in [2.05, 4.69) is 0 Å². The molecule has 2 heterocycles. The molecule has 0 atom stereocenters. The molecule has 9 heteroatoms. The minimum atomic E-state index is -3.67. The number of carbonyl (C=O) groups is 2. The largest absolute Gasteiger partial charge is 0.444 e. The summed E-state index contributed by atoms with van der Waals surface area (Å²) in [7, 11) is -3.67. The molecule has 0 aromatic heterocycles. The molecule has 0 bridgehead atoms. The summed E-state index contributed by atoms with van der Waals surface area (Å²) in [6.45, 7) is 8.59. The van der Waals surface area contributed by atoms with Crippen LogP contribution in [0.3, 0.4) is 0 Å². The summed E-state index contributed by atoms with van der Waals surface area (Å²) in [5.41, 5.74) is 1.08. The normalized spacial score (nSPS) is 18.3. The van der Waals surface area contributed by atoms with Crippen LogP contribution in [-0.2, 0) is 26.0 Å². The molecule has 1 saturated heterocycles. The molecule has 8 nitrogen and oxygen atoms in total. The quantitative estimate of drug-likeness (QED) is 0.728. The Kier molecular flexibility index (Phi) is 5.91. The molecule has 1 aromatic carbocycles. The number of aryl methyl sites for hydroxylation is 1. The summed E-state index contributed by atoms with van der Waals surface area (Å²) in [6.07, 6.45) is 1.13. The summed E-state index contributed by atoms with van der Waals surface area (Å²) < 4.78 is 33.0. The molecule has 0 aliphatic carbocycles. The molecular weight excluding hydrogens is 394 g/mol. The number of carbonyl (C=O) groups excluding carboxylic acids is 2. The molecule has 2 aliphatic rings. The zero-order valence-electron chi connectivity index (χ0n) is 17.5. The fourth-order valence-electron chi connectivity index (χ4n) is 3.65. The molecule has 0 saturated carbocycles. The van der Waals surface area contributed by atoms with E-state index in [-0.39, 0.29) is 37.0 Å². The van der Waals surface area contributed by atoms with Crippen molar-refractivity contribution in [2.24, 2.45) is 0 Å². The third-order valence-corrected chi connectivity index (χ3v) is 6.97. The number of nitrogens with zero attached hydrogens (tertiary/aromatic N) is 3. The number of amides is 2. The van der Waals surface area contributed by atoms with Crippen molar-refractivity contribution in [1.29, 1.82) is 0 Å². The Bertz CT molecular complexity index is 899. The van der Waals surface area contributed by atoms with Crippen molar-refractivity contribution >= 4 is 27.7 Å². The highest BCUT2D eigenvalue weighted by molar-refractivity contribution is 7.89. The van der Waals surface area contributed by atoms with Gasteiger partial charge in [0.05, 0.1) is 4.90 Å². The van der Waals surface area contributed by atoms with E-state index in [9.17, 15) is 18.0 Å². The summed E-state index contributed by atoms with van der Waals surface area (Å²) in [6, 6.07) is 4.97. The number of sulfonamides is 1. The number of fused-ring (bicyclic) bond motifs is 1. The third-order valence-electron chi connectivity index (χ3n) is 5.08. The first-order valence-corrected chi connectivity index (χ1v) is 11.3. The molecule has 160 valence electrons. The lowest BCUT2D eigenvalue weighted by Gasteiger charge is -2.35. The van der Waals surface area contributed by atoms with Gasteiger partial charge in [0.2, 0.25) is 15.9 Å². The highest BCUT2D eigenvalue weighted by Gasteiger charge is 2.32. The van der Waals surface area contributed by atoms with E-state index in [0.717, 1.165) is 24.1 Å². The number of rotatable bonds is 2. The van der Waals surface area contributed by atoms with Crippen LogP contribution in [0, 0.1) is 0 Å². The summed E-state index contributed by atoms with van der Waals surface area (Å²) in [5.74, 6) is -0.0418. The molecular formula is C20H29N3O5S. The Labute approximate surface area is 172 Å². The summed E-state index contributed by atoms with van der Waals surface area (Å²) in [5, 5.41) is 0. The Morgan fingerprint density at radius 2 is 1.69 bits per heavy atom. The molecule has 2 aliphatic heterocycles. The molecule has 0 spiro atoms. The molecule has 0 unspecified atom stereocenters. The number of piperazine rings is 1. The van der Waals surface area contributed by atoms with Crippen LogP contribution < -0.4 is 4.90 Å². The first kappa shape index (κ1) is 21.6. The maximum atomic E-state index is 13.1. The monoisotopic (exact) mass is 423 g/mol. The average molecular weight is 424 g/mol. The van der Waals surface area contributed by atoms with Crippen LogP contribution >= 0.6 is 0 Å². The van der Waals surface area contributed by atoms with E-state index in [1.54, 1.807) is 43.9 Å². The van der Waals surface area contributed by atoms with E-state index >= 15 is 0 Å². The van der Waals surface area contributed by atoms with Crippen LogP contribution in [0.1, 0.15) is 39.7 Å². The molecule has 0 N–H and O–H groups in total. The first-order chi connectivity index (χ1) is 13.5. The summed E-state index contributed by atoms with van der Waals surface area (Å²) in [4.78, 5) is 27.5. The van der Waals surface area contributed by atoms with Crippen molar-refractivity contribution in [1.82, 2.24) is 9.21 Å². The Hall–Kier alpha value is -2.13. The smallest absolute Gasteiger partial charge is 0.410 e. The van der Waals surface area contributed by atoms with Crippen LogP contribution in [0.25, 0.3) is 0 Å². The topological polar surface area (TPSA) is 87.2 Å². The van der Waals surface area contributed by atoms with Gasteiger partial charge in [-0.2, -0.15) is 4.31 Å². The van der Waals surface area contributed by atoms with Gasteiger partial charge in [0.25, 0.3) is 0 Å². The standard InChI is InChI=1S/C20H29N3O5S/c1-15(24)23-9-5-6-16-14-17(7-8-18(16)23)29(26,27)22-12-10-21(11-13-22)19(25)28-20(2,3)4/h7-8,14H,5-6,9-13H2,1-4H3. The van der Waals surface area contributed by atoms with Crippen LogP contribution in [0.15, 0.2) is 23.1 Å². The Morgan fingerprint density at radius 1 is 1.03 bits per heavy atom. The number of hydrogen-bond acceptors (Lipinski definition) is 5. The van der Waals surface area contributed by atoms with Crippen molar-refractivity contribution < 1.29 is 22.7 Å². The van der Waals surface area contributed by atoms with Crippen LogP contribution in [0.5, 0.6) is 0 Å². The number of hydrogen-bond donors (Lipinski definition) is 0. The van der Waals surface area contributed by atoms with Crippen molar-refractivity contribution in [3.05, 3.63) is 23.8 Å². The first-order valence-electron chi connectivity index (χ1n) is 9.88. The van der Waals surface area contributed by atoms with E-state index in [1.165, 1.54) is 16.1 Å². The van der Waals surface area contributed by atoms with Crippen LogP contribution in [0.2, 0.25) is 0 Å². The number of benzene rings is 1. The van der Waals surface area contributed by atoms with Crippen molar-refractivity contribution in [2.45, 2.75) is 51.0 Å². The molecule has 29 heavy (non-hydrogen) atoms. The highest BCUT2D eigenvalue weighted by atomic mass is 32.2. The Balaban J connectivity index is 1.72. The molecule has 1 aromatic rings. The number of anilines is 1. The average Bonchev–Trinajstić information content (AvgIpc) is 2.65. The van der Waals surface area contributed by atoms with Crippen LogP contribution in [-0.4, -0.2) is 67.9 Å². The Morgan fingerprint density at radius 3 is 2.28 bits per heavy atom. The minimum absolute atomic E-state index is 0.0418.